The van der Waals surface area contributed by atoms with Crippen LogP contribution in [-0.2, 0) is 7.05 Å². The van der Waals surface area contributed by atoms with Crippen LogP contribution < -0.4 is 0 Å². The molecular weight excluding hydrogens is 190 g/mol. The minimum atomic E-state index is 0.374. The van der Waals surface area contributed by atoms with E-state index in [1.807, 2.05) is 17.7 Å². The molecule has 2 aromatic rings. The summed E-state index contributed by atoms with van der Waals surface area (Å²) in [5.41, 5.74) is 3.15. The number of hydrogen-bond donors (Lipinski definition) is 0. The molecule has 0 aliphatic heterocycles. The van der Waals surface area contributed by atoms with Gasteiger partial charge in [-0.15, -0.1) is 0 Å². The van der Waals surface area contributed by atoms with E-state index in [9.17, 15) is 4.79 Å². The molecule has 0 saturated carbocycles. The highest BCUT2D eigenvalue weighted by Gasteiger charge is 2.11. The number of fused-ring (bicyclic) bond motifs is 1. The molecule has 0 aliphatic rings. The Balaban J connectivity index is 2.71. The fraction of sp³-hybridized carbons (Fsp3) is 0.364. The van der Waals surface area contributed by atoms with Crippen molar-refractivity contribution in [2.45, 2.75) is 19.8 Å². The molecule has 0 radical (unpaired) electrons. The average molecular weight is 203 g/mol. The normalized spacial score (nSPS) is 11.2. The Hall–Kier alpha value is -1.71. The van der Waals surface area contributed by atoms with E-state index in [0.717, 1.165) is 11.2 Å². The fourth-order valence-corrected chi connectivity index (χ4v) is 1.72. The molecule has 2 rings (SSSR count). The largest absolute Gasteiger partial charge is 0.331 e. The van der Waals surface area contributed by atoms with E-state index in [1.165, 1.54) is 11.9 Å². The van der Waals surface area contributed by atoms with E-state index in [4.69, 9.17) is 0 Å². The van der Waals surface area contributed by atoms with Gasteiger partial charge in [-0.3, -0.25) is 9.78 Å². The highest BCUT2D eigenvalue weighted by molar-refractivity contribution is 5.78. The number of carbonyl (C=O) groups excluding carboxylic acids is 1. The van der Waals surface area contributed by atoms with E-state index >= 15 is 0 Å². The highest BCUT2D eigenvalue weighted by Crippen LogP contribution is 2.21. The number of aldehydes is 1. The first kappa shape index (κ1) is 9.83. The Morgan fingerprint density at radius 1 is 1.47 bits per heavy atom. The minimum absolute atomic E-state index is 0.374. The molecule has 4 nitrogen and oxygen atoms in total. The van der Waals surface area contributed by atoms with E-state index in [1.54, 1.807) is 0 Å². The highest BCUT2D eigenvalue weighted by atomic mass is 16.1. The maximum Gasteiger partial charge on any atom is 0.170 e. The summed E-state index contributed by atoms with van der Waals surface area (Å²) in [6.07, 6.45) is 2.22. The maximum absolute atomic E-state index is 10.6. The first-order valence-electron chi connectivity index (χ1n) is 4.91. The number of aryl methyl sites for hydroxylation is 1. The molecule has 0 saturated heterocycles. The summed E-state index contributed by atoms with van der Waals surface area (Å²) in [4.78, 5) is 19.0. The van der Waals surface area contributed by atoms with Gasteiger partial charge in [-0.25, -0.2) is 4.98 Å². The van der Waals surface area contributed by atoms with Crippen LogP contribution >= 0.6 is 0 Å². The topological polar surface area (TPSA) is 47.8 Å². The first-order chi connectivity index (χ1) is 7.13. The third kappa shape index (κ3) is 1.52. The molecule has 0 fully saturated rings. The molecule has 0 bridgehead atoms. The molecule has 78 valence electrons. The molecule has 0 N–H and O–H groups in total. The minimum Gasteiger partial charge on any atom is -0.331 e. The van der Waals surface area contributed by atoms with Crippen LogP contribution in [0.5, 0.6) is 0 Å². The summed E-state index contributed by atoms with van der Waals surface area (Å²) in [6, 6.07) is 2.02. The molecule has 0 aliphatic carbocycles. The van der Waals surface area contributed by atoms with Crippen LogP contribution in [0.1, 0.15) is 35.9 Å². The van der Waals surface area contributed by atoms with Crippen molar-refractivity contribution in [1.82, 2.24) is 14.5 Å². The van der Waals surface area contributed by atoms with Gasteiger partial charge < -0.3 is 4.57 Å². The van der Waals surface area contributed by atoms with Gasteiger partial charge in [0, 0.05) is 12.7 Å². The van der Waals surface area contributed by atoms with Crippen LogP contribution in [0.25, 0.3) is 11.2 Å². The summed E-state index contributed by atoms with van der Waals surface area (Å²) in [5.74, 6) is 0.422. The van der Waals surface area contributed by atoms with Crippen molar-refractivity contribution in [3.8, 4) is 0 Å². The van der Waals surface area contributed by atoms with Crippen molar-refractivity contribution in [3.63, 3.8) is 0 Å². The van der Waals surface area contributed by atoms with Crippen molar-refractivity contribution in [2.75, 3.05) is 0 Å². The standard InChI is InChI=1S/C11H13N3O/c1-7(2)10-4-9-11(14(10)3)13-8(6-15)5-12-9/h4-7H,1-3H3. The Morgan fingerprint density at radius 2 is 2.20 bits per heavy atom. The van der Waals surface area contributed by atoms with Crippen LogP contribution in [0.4, 0.5) is 0 Å². The fourth-order valence-electron chi connectivity index (χ4n) is 1.72. The van der Waals surface area contributed by atoms with Crippen molar-refractivity contribution < 1.29 is 4.79 Å². The number of rotatable bonds is 2. The monoisotopic (exact) mass is 203 g/mol. The number of hydrogen-bond acceptors (Lipinski definition) is 3. The predicted molar refractivity (Wildman–Crippen MR) is 58.0 cm³/mol. The van der Waals surface area contributed by atoms with Gasteiger partial charge in [0.15, 0.2) is 11.9 Å². The predicted octanol–water partition coefficient (Wildman–Crippen LogP) is 1.90. The Kier molecular flexibility index (Phi) is 2.26. The third-order valence-corrected chi connectivity index (χ3v) is 2.50. The van der Waals surface area contributed by atoms with Gasteiger partial charge in [0.25, 0.3) is 0 Å². The van der Waals surface area contributed by atoms with Crippen molar-refractivity contribution >= 4 is 17.5 Å². The van der Waals surface area contributed by atoms with Gasteiger partial charge >= 0.3 is 0 Å². The smallest absolute Gasteiger partial charge is 0.170 e. The summed E-state index contributed by atoms with van der Waals surface area (Å²) in [7, 11) is 1.95. The number of nitrogens with zero attached hydrogens (tertiary/aromatic N) is 3. The van der Waals surface area contributed by atoms with Crippen LogP contribution in [0.2, 0.25) is 0 Å². The molecule has 2 heterocycles. The third-order valence-electron chi connectivity index (χ3n) is 2.50. The second-order valence-corrected chi connectivity index (χ2v) is 3.90. The molecule has 2 aromatic heterocycles. The lowest BCUT2D eigenvalue weighted by atomic mass is 10.1. The molecular formula is C11H13N3O. The number of carbonyl (C=O) groups is 1. The average Bonchev–Trinajstić information content (AvgIpc) is 2.56. The van der Waals surface area contributed by atoms with Gasteiger partial charge in [-0.05, 0) is 12.0 Å². The second kappa shape index (κ2) is 3.46. The van der Waals surface area contributed by atoms with Crippen molar-refractivity contribution in [2.24, 2.45) is 7.05 Å². The van der Waals surface area contributed by atoms with E-state index in [2.05, 4.69) is 23.8 Å². The Labute approximate surface area is 88.0 Å². The summed E-state index contributed by atoms with van der Waals surface area (Å²) < 4.78 is 1.99. The molecule has 15 heavy (non-hydrogen) atoms. The lowest BCUT2D eigenvalue weighted by Gasteiger charge is -2.05. The summed E-state index contributed by atoms with van der Waals surface area (Å²) in [5, 5.41) is 0. The SMILES string of the molecule is CC(C)c1cc2ncc(C=O)nc2n1C. The lowest BCUT2D eigenvalue weighted by molar-refractivity contribution is 0.111. The molecule has 0 spiro atoms. The Morgan fingerprint density at radius 3 is 2.80 bits per heavy atom. The molecule has 0 aromatic carbocycles. The molecule has 4 heteroatoms. The zero-order valence-electron chi connectivity index (χ0n) is 9.06. The quantitative estimate of drug-likeness (QED) is 0.700. The van der Waals surface area contributed by atoms with E-state index in [0.29, 0.717) is 17.9 Å². The van der Waals surface area contributed by atoms with Gasteiger partial charge in [0.2, 0.25) is 0 Å². The van der Waals surface area contributed by atoms with Crippen LogP contribution in [0.15, 0.2) is 12.3 Å². The van der Waals surface area contributed by atoms with Gasteiger partial charge in [-0.1, -0.05) is 13.8 Å². The summed E-state index contributed by atoms with van der Waals surface area (Å²) >= 11 is 0. The van der Waals surface area contributed by atoms with Gasteiger partial charge in [-0.2, -0.15) is 0 Å². The first-order valence-corrected chi connectivity index (χ1v) is 4.91. The second-order valence-electron chi connectivity index (χ2n) is 3.90. The van der Waals surface area contributed by atoms with Gasteiger partial charge in [0.05, 0.1) is 6.20 Å². The Bertz CT molecular complexity index is 514. The van der Waals surface area contributed by atoms with E-state index < -0.39 is 0 Å². The van der Waals surface area contributed by atoms with Crippen molar-refractivity contribution in [1.29, 1.82) is 0 Å². The zero-order valence-corrected chi connectivity index (χ0v) is 9.06. The lowest BCUT2D eigenvalue weighted by Crippen LogP contribution is -1.99. The van der Waals surface area contributed by atoms with Crippen molar-refractivity contribution in [3.05, 3.63) is 23.7 Å². The number of aromatic nitrogens is 3. The maximum atomic E-state index is 10.6. The molecule has 0 unspecified atom stereocenters. The molecule has 0 amide bonds. The zero-order chi connectivity index (χ0) is 11.0. The summed E-state index contributed by atoms with van der Waals surface area (Å²) in [6.45, 7) is 4.24. The van der Waals surface area contributed by atoms with Crippen LogP contribution in [0, 0.1) is 0 Å². The molecule has 0 atom stereocenters. The van der Waals surface area contributed by atoms with Crippen LogP contribution in [0.3, 0.4) is 0 Å². The van der Waals surface area contributed by atoms with Crippen LogP contribution in [-0.4, -0.2) is 20.8 Å². The van der Waals surface area contributed by atoms with Gasteiger partial charge in [0.1, 0.15) is 11.2 Å². The van der Waals surface area contributed by atoms with E-state index in [-0.39, 0.29) is 0 Å².